The number of para-hydroxylation sites is 3. The van der Waals surface area contributed by atoms with Crippen LogP contribution in [0.5, 0.6) is 23.0 Å². The monoisotopic (exact) mass is 707 g/mol. The molecule has 44 heavy (non-hydrogen) atoms. The standard InChI is InChI=1S/C33H30IN3O7/c34-21-14-16-27(38)24(18-21)32(44-33(40)36-22-15-17-28-30(19-22)42-20-41-28)29(43-23-8-2-1-3-9-23)12-6-7-13-31(39)37-26-11-5-4-10-25(26)35/h1-5,7-11,13-19,29,32,38H,6,12,20,35H2,(H,36,40)(H,37,39)/b13-7+/t29-,32-/m0/s1. The summed E-state index contributed by atoms with van der Waals surface area (Å²) in [6, 6.07) is 26.1. The number of halogens is 1. The Labute approximate surface area is 267 Å². The minimum atomic E-state index is -1.02. The zero-order valence-corrected chi connectivity index (χ0v) is 25.6. The molecule has 4 aromatic carbocycles. The van der Waals surface area contributed by atoms with Crippen molar-refractivity contribution in [1.29, 1.82) is 0 Å². The average molecular weight is 708 g/mol. The van der Waals surface area contributed by atoms with Gasteiger partial charge in [0.1, 0.15) is 17.6 Å². The lowest BCUT2D eigenvalue weighted by Gasteiger charge is -2.28. The van der Waals surface area contributed by atoms with E-state index >= 15 is 0 Å². The largest absolute Gasteiger partial charge is 0.508 e. The Morgan fingerprint density at radius 1 is 0.955 bits per heavy atom. The molecule has 226 valence electrons. The highest BCUT2D eigenvalue weighted by Gasteiger charge is 2.31. The molecule has 5 N–H and O–H groups in total. The summed E-state index contributed by atoms with van der Waals surface area (Å²) in [5, 5.41) is 16.3. The van der Waals surface area contributed by atoms with E-state index in [1.54, 1.807) is 78.9 Å². The van der Waals surface area contributed by atoms with Gasteiger partial charge >= 0.3 is 6.09 Å². The van der Waals surface area contributed by atoms with Gasteiger partial charge in [0.2, 0.25) is 12.7 Å². The molecular formula is C33H30IN3O7. The van der Waals surface area contributed by atoms with E-state index in [2.05, 4.69) is 33.2 Å². The molecule has 2 atom stereocenters. The van der Waals surface area contributed by atoms with Crippen LogP contribution in [0.15, 0.2) is 103 Å². The summed E-state index contributed by atoms with van der Waals surface area (Å²) >= 11 is 2.13. The number of ether oxygens (including phenoxy) is 4. The number of hydrogen-bond acceptors (Lipinski definition) is 8. The highest BCUT2D eigenvalue weighted by molar-refractivity contribution is 14.1. The molecule has 1 aliphatic rings. The third kappa shape index (κ3) is 8.13. The van der Waals surface area contributed by atoms with Crippen molar-refractivity contribution in [2.75, 3.05) is 23.2 Å². The Bertz CT molecular complexity index is 1650. The molecule has 0 fully saturated rings. The number of phenolic OH excluding ortho intramolecular Hbond substituents is 1. The van der Waals surface area contributed by atoms with E-state index < -0.39 is 18.3 Å². The Morgan fingerprint density at radius 3 is 2.55 bits per heavy atom. The van der Waals surface area contributed by atoms with Gasteiger partial charge in [-0.2, -0.15) is 0 Å². The Kier molecular flexibility index (Phi) is 10.1. The average Bonchev–Trinajstić information content (AvgIpc) is 3.49. The second-order valence-corrected chi connectivity index (χ2v) is 11.0. The number of nitrogens with one attached hydrogen (secondary N) is 2. The SMILES string of the molecule is Nc1ccccc1NC(=O)/C=C/CC[C@H](Oc1ccccc1)[C@@H](OC(=O)Nc1ccc2c(c1)OCO2)c1cc(I)ccc1O. The van der Waals surface area contributed by atoms with Gasteiger partial charge < -0.3 is 35.1 Å². The molecule has 0 aromatic heterocycles. The molecule has 0 unspecified atom stereocenters. The third-order valence-electron chi connectivity index (χ3n) is 6.62. The predicted octanol–water partition coefficient (Wildman–Crippen LogP) is 7.02. The summed E-state index contributed by atoms with van der Waals surface area (Å²) < 4.78 is 23.9. The number of benzene rings is 4. The number of phenols is 1. The smallest absolute Gasteiger partial charge is 0.412 e. The van der Waals surface area contributed by atoms with Crippen molar-refractivity contribution < 1.29 is 33.6 Å². The summed E-state index contributed by atoms with van der Waals surface area (Å²) in [6.07, 6.45) is 1.31. The maximum Gasteiger partial charge on any atom is 0.412 e. The van der Waals surface area contributed by atoms with Crippen LogP contribution < -0.4 is 30.6 Å². The van der Waals surface area contributed by atoms with E-state index in [9.17, 15) is 14.7 Å². The van der Waals surface area contributed by atoms with Gasteiger partial charge in [-0.25, -0.2) is 4.79 Å². The lowest BCUT2D eigenvalue weighted by atomic mass is 9.99. The fourth-order valence-electron chi connectivity index (χ4n) is 4.51. The van der Waals surface area contributed by atoms with Gasteiger partial charge in [-0.3, -0.25) is 10.1 Å². The van der Waals surface area contributed by atoms with Gasteiger partial charge in [-0.05, 0) is 96.1 Å². The van der Waals surface area contributed by atoms with Gasteiger partial charge in [0.25, 0.3) is 0 Å². The highest BCUT2D eigenvalue weighted by atomic mass is 127. The Morgan fingerprint density at radius 2 is 1.73 bits per heavy atom. The van der Waals surface area contributed by atoms with E-state index in [4.69, 9.17) is 24.7 Å². The lowest BCUT2D eigenvalue weighted by Crippen LogP contribution is -2.31. The Hall–Kier alpha value is -4.91. The highest BCUT2D eigenvalue weighted by Crippen LogP contribution is 2.37. The minimum absolute atomic E-state index is 0.0525. The predicted molar refractivity (Wildman–Crippen MR) is 175 cm³/mol. The van der Waals surface area contributed by atoms with Gasteiger partial charge in [0.05, 0.1) is 11.4 Å². The first kappa shape index (κ1) is 30.5. The molecule has 0 saturated carbocycles. The van der Waals surface area contributed by atoms with Crippen molar-refractivity contribution in [3.8, 4) is 23.0 Å². The summed E-state index contributed by atoms with van der Waals surface area (Å²) in [6.45, 7) is 0.103. The van der Waals surface area contributed by atoms with E-state index in [0.29, 0.717) is 52.7 Å². The van der Waals surface area contributed by atoms with Crippen LogP contribution in [0, 0.1) is 3.57 Å². The molecular weight excluding hydrogens is 677 g/mol. The van der Waals surface area contributed by atoms with Gasteiger partial charge in [-0.15, -0.1) is 0 Å². The van der Waals surface area contributed by atoms with E-state index in [1.807, 2.05) is 18.2 Å². The van der Waals surface area contributed by atoms with Crippen molar-refractivity contribution in [2.24, 2.45) is 0 Å². The number of carbonyl (C=O) groups excluding carboxylic acids is 2. The first-order valence-corrected chi connectivity index (χ1v) is 14.8. The van der Waals surface area contributed by atoms with Crippen LogP contribution >= 0.6 is 22.6 Å². The van der Waals surface area contributed by atoms with Crippen LogP contribution in [0.25, 0.3) is 0 Å². The molecule has 0 saturated heterocycles. The van der Waals surface area contributed by atoms with Crippen LogP contribution in [0.1, 0.15) is 24.5 Å². The molecule has 2 amide bonds. The second kappa shape index (κ2) is 14.5. The number of hydrogen-bond donors (Lipinski definition) is 4. The zero-order valence-electron chi connectivity index (χ0n) is 23.4. The molecule has 0 radical (unpaired) electrons. The first-order chi connectivity index (χ1) is 21.4. The van der Waals surface area contributed by atoms with Crippen molar-refractivity contribution in [3.63, 3.8) is 0 Å². The number of allylic oxidation sites excluding steroid dienone is 1. The molecule has 0 spiro atoms. The molecule has 5 rings (SSSR count). The first-order valence-electron chi connectivity index (χ1n) is 13.7. The van der Waals surface area contributed by atoms with Crippen LogP contribution in [-0.2, 0) is 9.53 Å². The molecule has 11 heteroatoms. The molecule has 4 aromatic rings. The Balaban J connectivity index is 1.36. The third-order valence-corrected chi connectivity index (χ3v) is 7.29. The second-order valence-electron chi connectivity index (χ2n) is 9.75. The van der Waals surface area contributed by atoms with Crippen LogP contribution in [0.2, 0.25) is 0 Å². The maximum atomic E-state index is 13.2. The van der Waals surface area contributed by atoms with Crippen molar-refractivity contribution in [1.82, 2.24) is 0 Å². The summed E-state index contributed by atoms with van der Waals surface area (Å²) in [4.78, 5) is 25.8. The van der Waals surface area contributed by atoms with E-state index in [-0.39, 0.29) is 18.4 Å². The molecule has 0 bridgehead atoms. The van der Waals surface area contributed by atoms with Gasteiger partial charge in [0, 0.05) is 20.9 Å². The fraction of sp³-hybridized carbons (Fsp3) is 0.152. The number of carbonyl (C=O) groups is 2. The minimum Gasteiger partial charge on any atom is -0.508 e. The van der Waals surface area contributed by atoms with E-state index in [0.717, 1.165) is 3.57 Å². The van der Waals surface area contributed by atoms with Crippen LogP contribution in [0.3, 0.4) is 0 Å². The maximum absolute atomic E-state index is 13.2. The van der Waals surface area contributed by atoms with Crippen molar-refractivity contribution in [2.45, 2.75) is 25.0 Å². The summed E-state index contributed by atoms with van der Waals surface area (Å²) in [5.41, 5.74) is 7.72. The van der Waals surface area contributed by atoms with Gasteiger partial charge in [0.15, 0.2) is 17.6 Å². The molecule has 1 aliphatic heterocycles. The number of amides is 2. The number of aromatic hydroxyl groups is 1. The number of rotatable bonds is 11. The molecule has 10 nitrogen and oxygen atoms in total. The number of fused-ring (bicyclic) bond motifs is 1. The molecule has 0 aliphatic carbocycles. The number of nitrogen functional groups attached to an aromatic ring is 1. The zero-order chi connectivity index (χ0) is 30.9. The summed E-state index contributed by atoms with van der Waals surface area (Å²) in [5.74, 6) is 1.24. The van der Waals surface area contributed by atoms with Crippen molar-refractivity contribution >= 4 is 51.7 Å². The van der Waals surface area contributed by atoms with Crippen LogP contribution in [0.4, 0.5) is 21.9 Å². The fourth-order valence-corrected chi connectivity index (χ4v) is 5.03. The summed E-state index contributed by atoms with van der Waals surface area (Å²) in [7, 11) is 0. The lowest BCUT2D eigenvalue weighted by molar-refractivity contribution is -0.111. The quantitative estimate of drug-likeness (QED) is 0.0741. The van der Waals surface area contributed by atoms with E-state index in [1.165, 1.54) is 6.08 Å². The normalized spacial score (nSPS) is 13.2. The topological polar surface area (TPSA) is 141 Å². The number of nitrogens with two attached hydrogens (primary N) is 1. The molecule has 1 heterocycles. The van der Waals surface area contributed by atoms with Gasteiger partial charge in [-0.1, -0.05) is 36.4 Å². The van der Waals surface area contributed by atoms with Crippen molar-refractivity contribution in [3.05, 3.63) is 112 Å². The van der Waals surface area contributed by atoms with Crippen LogP contribution in [-0.4, -0.2) is 30.0 Å². The number of anilines is 3.